The van der Waals surface area contributed by atoms with Gasteiger partial charge >= 0.3 is 5.97 Å². The average molecular weight is 256 g/mol. The van der Waals surface area contributed by atoms with E-state index in [0.29, 0.717) is 17.3 Å². The fourth-order valence-corrected chi connectivity index (χ4v) is 1.54. The summed E-state index contributed by atoms with van der Waals surface area (Å²) in [4.78, 5) is 10.4. The number of carboxylic acids is 1. The maximum Gasteiger partial charge on any atom is 0.328 e. The third-order valence-electron chi connectivity index (χ3n) is 2.09. The van der Waals surface area contributed by atoms with E-state index in [1.807, 2.05) is 6.07 Å². The van der Waals surface area contributed by atoms with Crippen LogP contribution in [0.1, 0.15) is 6.92 Å². The lowest BCUT2D eigenvalue weighted by Gasteiger charge is -2.08. The quantitative estimate of drug-likeness (QED) is 0.795. The molecule has 0 atom stereocenters. The lowest BCUT2D eigenvalue weighted by Crippen LogP contribution is -2.04. The number of nitrogens with one attached hydrogen (secondary N) is 1. The van der Waals surface area contributed by atoms with Crippen LogP contribution in [-0.2, 0) is 4.79 Å². The molecule has 0 heterocycles. The number of carboxylic acid groups (broad SMARTS) is 1. The Hall–Kier alpha value is -1.68. The number of hydrogen-bond acceptors (Lipinski definition) is 3. The molecule has 1 aromatic rings. The van der Waals surface area contributed by atoms with Crippen LogP contribution in [0.2, 0.25) is 5.02 Å². The molecule has 0 unspecified atom stereocenters. The minimum absolute atomic E-state index is 0.453. The summed E-state index contributed by atoms with van der Waals surface area (Å²) in [5.74, 6) is -0.341. The van der Waals surface area contributed by atoms with Crippen LogP contribution in [0.5, 0.6) is 5.75 Å². The Morgan fingerprint density at radius 1 is 1.59 bits per heavy atom. The summed E-state index contributed by atoms with van der Waals surface area (Å²) in [6.07, 6.45) is 1.16. The molecule has 2 N–H and O–H groups in total. The number of methoxy groups -OCH3 is 1. The second kappa shape index (κ2) is 6.15. The van der Waals surface area contributed by atoms with Crippen molar-refractivity contribution in [2.24, 2.45) is 0 Å². The Kier molecular flexibility index (Phi) is 4.84. The summed E-state index contributed by atoms with van der Waals surface area (Å²) in [5.41, 5.74) is 1.54. The van der Waals surface area contributed by atoms with Gasteiger partial charge in [-0.15, -0.1) is 0 Å². The summed E-state index contributed by atoms with van der Waals surface area (Å²) < 4.78 is 5.03. The van der Waals surface area contributed by atoms with Crippen molar-refractivity contribution in [2.75, 3.05) is 19.0 Å². The zero-order chi connectivity index (χ0) is 12.8. The van der Waals surface area contributed by atoms with Gasteiger partial charge in [0.2, 0.25) is 0 Å². The highest BCUT2D eigenvalue weighted by atomic mass is 35.5. The fraction of sp³-hybridized carbons (Fsp3) is 0.250. The Morgan fingerprint density at radius 2 is 2.29 bits per heavy atom. The lowest BCUT2D eigenvalue weighted by atomic mass is 10.2. The SMILES string of the molecule is COc1ccc(NC/C(C)=C/C(=O)O)cc1Cl. The summed E-state index contributed by atoms with van der Waals surface area (Å²) in [6.45, 7) is 2.20. The van der Waals surface area contributed by atoms with E-state index in [1.54, 1.807) is 26.2 Å². The highest BCUT2D eigenvalue weighted by Gasteiger charge is 2.01. The van der Waals surface area contributed by atoms with Gasteiger partial charge in [0.25, 0.3) is 0 Å². The monoisotopic (exact) mass is 255 g/mol. The van der Waals surface area contributed by atoms with Gasteiger partial charge in [0.15, 0.2) is 0 Å². The van der Waals surface area contributed by atoms with Crippen LogP contribution in [0.4, 0.5) is 5.69 Å². The standard InChI is InChI=1S/C12H14ClNO3/c1-8(5-12(15)16)7-14-9-3-4-11(17-2)10(13)6-9/h3-6,14H,7H2,1-2H3,(H,15,16)/b8-5+. The van der Waals surface area contributed by atoms with Crippen molar-refractivity contribution in [3.8, 4) is 5.75 Å². The Balaban J connectivity index is 2.64. The molecule has 0 amide bonds. The molecular weight excluding hydrogens is 242 g/mol. The first-order valence-corrected chi connectivity index (χ1v) is 5.38. The molecule has 0 radical (unpaired) electrons. The summed E-state index contributed by atoms with van der Waals surface area (Å²) in [7, 11) is 1.55. The van der Waals surface area contributed by atoms with Crippen molar-refractivity contribution in [1.82, 2.24) is 0 Å². The average Bonchev–Trinajstić information content (AvgIpc) is 2.25. The largest absolute Gasteiger partial charge is 0.495 e. The highest BCUT2D eigenvalue weighted by Crippen LogP contribution is 2.27. The molecule has 5 heteroatoms. The molecule has 1 rings (SSSR count). The molecule has 0 aromatic heterocycles. The molecule has 0 saturated heterocycles. The second-order valence-electron chi connectivity index (χ2n) is 3.53. The van der Waals surface area contributed by atoms with Crippen LogP contribution in [0.3, 0.4) is 0 Å². The van der Waals surface area contributed by atoms with Crippen molar-refractivity contribution in [3.63, 3.8) is 0 Å². The van der Waals surface area contributed by atoms with E-state index in [4.69, 9.17) is 21.4 Å². The lowest BCUT2D eigenvalue weighted by molar-refractivity contribution is -0.131. The number of rotatable bonds is 5. The van der Waals surface area contributed by atoms with Crippen molar-refractivity contribution in [2.45, 2.75) is 6.92 Å². The van der Waals surface area contributed by atoms with E-state index in [1.165, 1.54) is 0 Å². The molecule has 0 saturated carbocycles. The molecule has 0 aliphatic rings. The van der Waals surface area contributed by atoms with Crippen molar-refractivity contribution >= 4 is 23.3 Å². The number of anilines is 1. The topological polar surface area (TPSA) is 58.6 Å². The highest BCUT2D eigenvalue weighted by molar-refractivity contribution is 6.32. The van der Waals surface area contributed by atoms with Crippen LogP contribution < -0.4 is 10.1 Å². The van der Waals surface area contributed by atoms with Crippen molar-refractivity contribution in [3.05, 3.63) is 34.9 Å². The van der Waals surface area contributed by atoms with Crippen molar-refractivity contribution < 1.29 is 14.6 Å². The summed E-state index contributed by atoms with van der Waals surface area (Å²) in [5, 5.41) is 12.1. The van der Waals surface area contributed by atoms with Crippen LogP contribution in [-0.4, -0.2) is 24.7 Å². The zero-order valence-electron chi connectivity index (χ0n) is 9.66. The second-order valence-corrected chi connectivity index (χ2v) is 3.94. The molecule has 0 spiro atoms. The van der Waals surface area contributed by atoms with E-state index in [0.717, 1.165) is 17.3 Å². The van der Waals surface area contributed by atoms with E-state index in [2.05, 4.69) is 5.32 Å². The molecule has 0 aliphatic carbocycles. The van der Waals surface area contributed by atoms with Gasteiger partial charge in [0.05, 0.1) is 12.1 Å². The molecule has 4 nitrogen and oxygen atoms in total. The predicted molar refractivity (Wildman–Crippen MR) is 67.9 cm³/mol. The van der Waals surface area contributed by atoms with Crippen LogP contribution >= 0.6 is 11.6 Å². The third-order valence-corrected chi connectivity index (χ3v) is 2.39. The number of ether oxygens (including phenoxy) is 1. The Morgan fingerprint density at radius 3 is 2.82 bits per heavy atom. The number of hydrogen-bond donors (Lipinski definition) is 2. The molecule has 0 bridgehead atoms. The van der Waals surface area contributed by atoms with Gasteiger partial charge in [-0.2, -0.15) is 0 Å². The zero-order valence-corrected chi connectivity index (χ0v) is 10.4. The summed E-state index contributed by atoms with van der Waals surface area (Å²) >= 11 is 5.96. The minimum atomic E-state index is -0.947. The molecule has 0 aliphatic heterocycles. The predicted octanol–water partition coefficient (Wildman–Crippen LogP) is 2.79. The van der Waals surface area contributed by atoms with Crippen LogP contribution in [0.15, 0.2) is 29.8 Å². The van der Waals surface area contributed by atoms with Gasteiger partial charge in [-0.05, 0) is 30.7 Å². The Labute approximate surface area is 105 Å². The van der Waals surface area contributed by atoms with E-state index >= 15 is 0 Å². The molecule has 17 heavy (non-hydrogen) atoms. The maximum absolute atomic E-state index is 10.4. The molecular formula is C12H14ClNO3. The van der Waals surface area contributed by atoms with Gasteiger partial charge < -0.3 is 15.2 Å². The Bertz CT molecular complexity index is 443. The van der Waals surface area contributed by atoms with E-state index in [-0.39, 0.29) is 0 Å². The first-order valence-electron chi connectivity index (χ1n) is 5.00. The molecule has 1 aromatic carbocycles. The fourth-order valence-electron chi connectivity index (χ4n) is 1.28. The number of carbonyl (C=O) groups is 1. The van der Waals surface area contributed by atoms with E-state index < -0.39 is 5.97 Å². The van der Waals surface area contributed by atoms with Gasteiger partial charge in [-0.25, -0.2) is 4.79 Å². The number of halogens is 1. The van der Waals surface area contributed by atoms with Gasteiger partial charge in [-0.1, -0.05) is 11.6 Å². The molecule has 92 valence electrons. The number of aliphatic carboxylic acids is 1. The minimum Gasteiger partial charge on any atom is -0.495 e. The van der Waals surface area contributed by atoms with Gasteiger partial charge in [-0.3, -0.25) is 0 Å². The van der Waals surface area contributed by atoms with Gasteiger partial charge in [0, 0.05) is 18.3 Å². The first-order chi connectivity index (χ1) is 8.02. The normalized spacial score (nSPS) is 11.1. The molecule has 0 fully saturated rings. The summed E-state index contributed by atoms with van der Waals surface area (Å²) in [6, 6.07) is 5.30. The first kappa shape index (κ1) is 13.4. The van der Waals surface area contributed by atoms with Gasteiger partial charge in [0.1, 0.15) is 5.75 Å². The maximum atomic E-state index is 10.4. The smallest absolute Gasteiger partial charge is 0.328 e. The number of benzene rings is 1. The van der Waals surface area contributed by atoms with Crippen LogP contribution in [0, 0.1) is 0 Å². The van der Waals surface area contributed by atoms with E-state index in [9.17, 15) is 4.79 Å². The third kappa shape index (κ3) is 4.36. The van der Waals surface area contributed by atoms with Crippen LogP contribution in [0.25, 0.3) is 0 Å². The van der Waals surface area contributed by atoms with Crippen molar-refractivity contribution in [1.29, 1.82) is 0 Å².